The van der Waals surface area contributed by atoms with Crippen LogP contribution in [-0.2, 0) is 4.74 Å². The average Bonchev–Trinajstić information content (AvgIpc) is 2.63. The summed E-state index contributed by atoms with van der Waals surface area (Å²) in [5.41, 5.74) is 0.770. The number of nitrogens with one attached hydrogen (secondary N) is 1. The van der Waals surface area contributed by atoms with Crippen molar-refractivity contribution in [1.29, 1.82) is 0 Å². The van der Waals surface area contributed by atoms with Crippen molar-refractivity contribution in [2.45, 2.75) is 32.1 Å². The maximum Gasteiger partial charge on any atom is 0.193 e. The van der Waals surface area contributed by atoms with Gasteiger partial charge in [-0.1, -0.05) is 13.0 Å². The lowest BCUT2D eigenvalue weighted by molar-refractivity contribution is 0.0625. The molecule has 1 aliphatic heterocycles. The lowest BCUT2D eigenvalue weighted by Gasteiger charge is -2.27. The van der Waals surface area contributed by atoms with Crippen LogP contribution < -0.4 is 5.32 Å². The van der Waals surface area contributed by atoms with Gasteiger partial charge in [-0.2, -0.15) is 0 Å². The zero-order valence-corrected chi connectivity index (χ0v) is 18.1. The molecule has 0 amide bonds. The highest BCUT2D eigenvalue weighted by molar-refractivity contribution is 14.0. The lowest BCUT2D eigenvalue weighted by Crippen LogP contribution is -2.41. The van der Waals surface area contributed by atoms with Crippen LogP contribution in [0.3, 0.4) is 0 Å². The molecule has 1 fully saturated rings. The Bertz CT molecular complexity index is 580. The molecule has 1 aromatic rings. The van der Waals surface area contributed by atoms with Gasteiger partial charge in [-0.25, -0.2) is 8.78 Å². The number of hydrogen-bond acceptors (Lipinski definition) is 2. The number of aliphatic imine (C=N–C) groups is 1. The smallest absolute Gasteiger partial charge is 0.193 e. The highest BCUT2D eigenvalue weighted by Crippen LogP contribution is 2.19. The van der Waals surface area contributed by atoms with Crippen LogP contribution in [0.4, 0.5) is 8.78 Å². The fraction of sp³-hybridized carbons (Fsp3) is 0.632. The molecule has 0 saturated carbocycles. The maximum atomic E-state index is 13.4. The molecule has 1 saturated heterocycles. The normalized spacial score (nSPS) is 16.7. The Kier molecular flexibility index (Phi) is 10.4. The van der Waals surface area contributed by atoms with Crippen molar-refractivity contribution in [3.63, 3.8) is 0 Å². The molecule has 0 bridgehead atoms. The first kappa shape index (κ1) is 23.1. The number of rotatable bonds is 6. The molecule has 1 aromatic carbocycles. The monoisotopic (exact) mass is 481 g/mol. The van der Waals surface area contributed by atoms with Gasteiger partial charge in [0.25, 0.3) is 0 Å². The van der Waals surface area contributed by atoms with Crippen molar-refractivity contribution in [2.75, 3.05) is 40.4 Å². The maximum absolute atomic E-state index is 13.4. The first-order chi connectivity index (χ1) is 12.0. The van der Waals surface area contributed by atoms with Crippen LogP contribution in [0.25, 0.3) is 0 Å². The molecule has 1 heterocycles. The third-order valence-electron chi connectivity index (χ3n) is 4.87. The third-order valence-corrected chi connectivity index (χ3v) is 4.87. The van der Waals surface area contributed by atoms with Gasteiger partial charge in [0.2, 0.25) is 0 Å². The van der Waals surface area contributed by atoms with Crippen molar-refractivity contribution in [1.82, 2.24) is 10.2 Å². The number of guanidine groups is 1. The van der Waals surface area contributed by atoms with Crippen molar-refractivity contribution >= 4 is 29.9 Å². The lowest BCUT2D eigenvalue weighted by atomic mass is 9.96. The fourth-order valence-electron chi connectivity index (χ4n) is 3.08. The van der Waals surface area contributed by atoms with E-state index < -0.39 is 11.6 Å². The molecular formula is C19H30F2IN3O. The summed E-state index contributed by atoms with van der Waals surface area (Å²) >= 11 is 0. The molecule has 0 aromatic heterocycles. The highest BCUT2D eigenvalue weighted by atomic mass is 127. The van der Waals surface area contributed by atoms with Crippen LogP contribution in [0.15, 0.2) is 23.2 Å². The molecule has 1 N–H and O–H groups in total. The molecule has 0 aliphatic carbocycles. The largest absolute Gasteiger partial charge is 0.381 e. The van der Waals surface area contributed by atoms with E-state index in [9.17, 15) is 8.78 Å². The van der Waals surface area contributed by atoms with Gasteiger partial charge in [-0.05, 0) is 48.8 Å². The Morgan fingerprint density at radius 1 is 1.31 bits per heavy atom. The Balaban J connectivity index is 0.00000338. The number of halogens is 3. The number of nitrogens with zero attached hydrogens (tertiary/aromatic N) is 2. The van der Waals surface area contributed by atoms with Crippen molar-refractivity contribution in [3.8, 4) is 0 Å². The number of ether oxygens (including phenoxy) is 1. The summed E-state index contributed by atoms with van der Waals surface area (Å²) in [7, 11) is 3.78. The molecule has 1 unspecified atom stereocenters. The first-order valence-corrected chi connectivity index (χ1v) is 8.95. The van der Waals surface area contributed by atoms with E-state index in [2.05, 4.69) is 15.2 Å². The van der Waals surface area contributed by atoms with Gasteiger partial charge in [0.15, 0.2) is 17.6 Å². The summed E-state index contributed by atoms with van der Waals surface area (Å²) < 4.78 is 31.8. The van der Waals surface area contributed by atoms with Crippen LogP contribution in [0.1, 0.15) is 37.7 Å². The van der Waals surface area contributed by atoms with Gasteiger partial charge < -0.3 is 15.0 Å². The molecule has 2 rings (SSSR count). The molecule has 26 heavy (non-hydrogen) atoms. The molecular weight excluding hydrogens is 451 g/mol. The molecule has 7 heteroatoms. The fourth-order valence-corrected chi connectivity index (χ4v) is 3.08. The van der Waals surface area contributed by atoms with Gasteiger partial charge >= 0.3 is 0 Å². The van der Waals surface area contributed by atoms with Crippen molar-refractivity contribution in [3.05, 3.63) is 35.4 Å². The Morgan fingerprint density at radius 2 is 2.00 bits per heavy atom. The molecule has 0 spiro atoms. The molecule has 148 valence electrons. The quantitative estimate of drug-likeness (QED) is 0.379. The Labute approximate surface area is 172 Å². The van der Waals surface area contributed by atoms with E-state index in [1.165, 1.54) is 12.1 Å². The standard InChI is InChI=1S/C19H29F2N3O.HI/c1-14(16-4-5-17(20)18(21)12-16)13-23-19(22-2)24(3)9-6-15-7-10-25-11-8-15;/h4-5,12,14-15H,6-11,13H2,1-3H3,(H,22,23);1H. The number of hydrogen-bond donors (Lipinski definition) is 1. The Hall–Kier alpha value is -0.960. The average molecular weight is 481 g/mol. The third kappa shape index (κ3) is 6.98. The summed E-state index contributed by atoms with van der Waals surface area (Å²) in [6.07, 6.45) is 3.39. The summed E-state index contributed by atoms with van der Waals surface area (Å²) in [5, 5.41) is 3.32. The van der Waals surface area contributed by atoms with Crippen molar-refractivity contribution < 1.29 is 13.5 Å². The zero-order chi connectivity index (χ0) is 18.2. The topological polar surface area (TPSA) is 36.9 Å². The predicted octanol–water partition coefficient (Wildman–Crippen LogP) is 4.01. The second-order valence-electron chi connectivity index (χ2n) is 6.77. The van der Waals surface area contributed by atoms with Crippen LogP contribution in [0.5, 0.6) is 0 Å². The SMILES string of the molecule is CN=C(NCC(C)c1ccc(F)c(F)c1)N(C)CCC1CCOCC1.I. The molecule has 4 nitrogen and oxygen atoms in total. The van der Waals surface area contributed by atoms with Gasteiger partial charge in [-0.15, -0.1) is 24.0 Å². The second-order valence-corrected chi connectivity index (χ2v) is 6.77. The van der Waals surface area contributed by atoms with Gasteiger partial charge in [0.05, 0.1) is 0 Å². The minimum absolute atomic E-state index is 0. The van der Waals surface area contributed by atoms with Gasteiger partial charge in [0.1, 0.15) is 0 Å². The van der Waals surface area contributed by atoms with Crippen molar-refractivity contribution in [2.24, 2.45) is 10.9 Å². The summed E-state index contributed by atoms with van der Waals surface area (Å²) in [5.74, 6) is -0.0254. The second kappa shape index (κ2) is 11.7. The van der Waals surface area contributed by atoms with E-state index in [0.717, 1.165) is 56.5 Å². The molecule has 1 atom stereocenters. The van der Waals surface area contributed by atoms with Crippen LogP contribution in [-0.4, -0.2) is 51.3 Å². The van der Waals surface area contributed by atoms with E-state index in [-0.39, 0.29) is 29.9 Å². The predicted molar refractivity (Wildman–Crippen MR) is 112 cm³/mol. The van der Waals surface area contributed by atoms with Gasteiger partial charge in [-0.3, -0.25) is 4.99 Å². The van der Waals surface area contributed by atoms with E-state index in [4.69, 9.17) is 4.74 Å². The van der Waals surface area contributed by atoms with E-state index in [1.807, 2.05) is 14.0 Å². The first-order valence-electron chi connectivity index (χ1n) is 8.95. The van der Waals surface area contributed by atoms with E-state index >= 15 is 0 Å². The number of benzene rings is 1. The van der Waals surface area contributed by atoms with Crippen LogP contribution >= 0.6 is 24.0 Å². The summed E-state index contributed by atoms with van der Waals surface area (Å²) in [6.45, 7) is 5.26. The highest BCUT2D eigenvalue weighted by Gasteiger charge is 2.16. The van der Waals surface area contributed by atoms with Gasteiger partial charge in [0, 0.05) is 40.4 Å². The minimum Gasteiger partial charge on any atom is -0.381 e. The van der Waals surface area contributed by atoms with Crippen LogP contribution in [0.2, 0.25) is 0 Å². The molecule has 0 radical (unpaired) electrons. The Morgan fingerprint density at radius 3 is 2.62 bits per heavy atom. The minimum atomic E-state index is -0.812. The summed E-state index contributed by atoms with van der Waals surface area (Å²) in [6, 6.07) is 4.07. The zero-order valence-electron chi connectivity index (χ0n) is 15.8. The van der Waals surface area contributed by atoms with Crippen LogP contribution in [0, 0.1) is 17.6 Å². The molecule has 1 aliphatic rings. The summed E-state index contributed by atoms with van der Waals surface area (Å²) in [4.78, 5) is 6.44. The van der Waals surface area contributed by atoms with E-state index in [0.29, 0.717) is 6.54 Å². The van der Waals surface area contributed by atoms with E-state index in [1.54, 1.807) is 13.1 Å².